The van der Waals surface area contributed by atoms with E-state index in [1.54, 1.807) is 18.6 Å². The van der Waals surface area contributed by atoms with Crippen LogP contribution in [0, 0.1) is 6.92 Å². The first-order valence-electron chi connectivity index (χ1n) is 6.80. The van der Waals surface area contributed by atoms with Crippen LogP contribution in [0.4, 0.5) is 5.82 Å². The summed E-state index contributed by atoms with van der Waals surface area (Å²) in [6.07, 6.45) is 6.74. The van der Waals surface area contributed by atoms with Gasteiger partial charge >= 0.3 is 0 Å². The van der Waals surface area contributed by atoms with E-state index in [-0.39, 0.29) is 0 Å². The van der Waals surface area contributed by atoms with Crippen LogP contribution in [0.15, 0.2) is 49.2 Å². The highest BCUT2D eigenvalue weighted by Crippen LogP contribution is 2.31. The quantitative estimate of drug-likeness (QED) is 0.799. The molecule has 1 N–H and O–H groups in total. The molecule has 0 aliphatic carbocycles. The number of nitrogens with one attached hydrogen (secondary N) is 1. The molecule has 2 heterocycles. The van der Waals surface area contributed by atoms with Gasteiger partial charge in [0.25, 0.3) is 0 Å². The molecule has 0 radical (unpaired) electrons. The predicted molar refractivity (Wildman–Crippen MR) is 86.6 cm³/mol. The molecule has 110 valence electrons. The highest BCUT2D eigenvalue weighted by molar-refractivity contribution is 6.33. The highest BCUT2D eigenvalue weighted by Gasteiger charge is 2.09. The van der Waals surface area contributed by atoms with E-state index in [9.17, 15) is 0 Å². The standard InChI is InChI=1S/C16H14ClN5/c1-11-6-20-12(7-19-11)8-21-16-14(9-18-10-22-16)13-4-2-3-5-15(13)17/h2-7,9-10H,8H2,1H3,(H,18,21,22). The molecule has 0 saturated heterocycles. The molecular weight excluding hydrogens is 298 g/mol. The largest absolute Gasteiger partial charge is 0.364 e. The summed E-state index contributed by atoms with van der Waals surface area (Å²) in [5.74, 6) is 0.713. The molecule has 0 bridgehead atoms. The molecule has 0 amide bonds. The van der Waals surface area contributed by atoms with E-state index < -0.39 is 0 Å². The zero-order valence-corrected chi connectivity index (χ0v) is 12.7. The van der Waals surface area contributed by atoms with E-state index in [1.165, 1.54) is 6.33 Å². The molecule has 0 atom stereocenters. The van der Waals surface area contributed by atoms with Gasteiger partial charge in [-0.05, 0) is 13.0 Å². The molecule has 0 spiro atoms. The van der Waals surface area contributed by atoms with Crippen LogP contribution in [0.25, 0.3) is 11.1 Å². The minimum absolute atomic E-state index is 0.530. The number of benzene rings is 1. The fourth-order valence-corrected chi connectivity index (χ4v) is 2.27. The van der Waals surface area contributed by atoms with Crippen LogP contribution in [0.1, 0.15) is 11.4 Å². The Labute approximate surface area is 133 Å². The fourth-order valence-electron chi connectivity index (χ4n) is 2.03. The Balaban J connectivity index is 1.86. The average molecular weight is 312 g/mol. The van der Waals surface area contributed by atoms with Crippen molar-refractivity contribution in [2.75, 3.05) is 5.32 Å². The van der Waals surface area contributed by atoms with E-state index >= 15 is 0 Å². The van der Waals surface area contributed by atoms with Gasteiger partial charge in [-0.15, -0.1) is 0 Å². The first-order valence-corrected chi connectivity index (χ1v) is 7.18. The van der Waals surface area contributed by atoms with Crippen LogP contribution in [-0.4, -0.2) is 19.9 Å². The van der Waals surface area contributed by atoms with E-state index in [4.69, 9.17) is 11.6 Å². The van der Waals surface area contributed by atoms with Crippen molar-refractivity contribution in [3.8, 4) is 11.1 Å². The minimum Gasteiger partial charge on any atom is -0.364 e. The van der Waals surface area contributed by atoms with Gasteiger partial charge in [0.1, 0.15) is 12.1 Å². The van der Waals surface area contributed by atoms with Crippen molar-refractivity contribution in [2.24, 2.45) is 0 Å². The van der Waals surface area contributed by atoms with Gasteiger partial charge in [-0.25, -0.2) is 9.97 Å². The van der Waals surface area contributed by atoms with Crippen LogP contribution in [0.5, 0.6) is 0 Å². The maximum Gasteiger partial charge on any atom is 0.137 e. The number of aryl methyl sites for hydroxylation is 1. The normalized spacial score (nSPS) is 10.5. The molecule has 3 aromatic rings. The van der Waals surface area contributed by atoms with E-state index in [1.807, 2.05) is 31.2 Å². The van der Waals surface area contributed by atoms with Crippen LogP contribution >= 0.6 is 11.6 Å². The van der Waals surface area contributed by atoms with E-state index in [0.717, 1.165) is 22.5 Å². The van der Waals surface area contributed by atoms with Crippen molar-refractivity contribution >= 4 is 17.4 Å². The number of halogens is 1. The third-order valence-corrected chi connectivity index (χ3v) is 3.48. The maximum absolute atomic E-state index is 6.26. The van der Waals surface area contributed by atoms with Crippen molar-refractivity contribution in [1.29, 1.82) is 0 Å². The Morgan fingerprint density at radius 3 is 2.64 bits per heavy atom. The van der Waals surface area contributed by atoms with Crippen LogP contribution < -0.4 is 5.32 Å². The zero-order valence-electron chi connectivity index (χ0n) is 12.0. The molecule has 0 unspecified atom stereocenters. The highest BCUT2D eigenvalue weighted by atomic mass is 35.5. The second kappa shape index (κ2) is 6.49. The Morgan fingerprint density at radius 2 is 1.86 bits per heavy atom. The fraction of sp³-hybridized carbons (Fsp3) is 0.125. The van der Waals surface area contributed by atoms with Crippen molar-refractivity contribution in [1.82, 2.24) is 19.9 Å². The van der Waals surface area contributed by atoms with Gasteiger partial charge in [0.05, 0.1) is 24.1 Å². The molecule has 5 nitrogen and oxygen atoms in total. The molecule has 2 aromatic heterocycles. The number of nitrogens with zero attached hydrogens (tertiary/aromatic N) is 4. The summed E-state index contributed by atoms with van der Waals surface area (Å²) < 4.78 is 0. The molecule has 0 aliphatic rings. The lowest BCUT2D eigenvalue weighted by atomic mass is 10.1. The molecule has 3 rings (SSSR count). The van der Waals surface area contributed by atoms with Crippen LogP contribution in [-0.2, 0) is 6.54 Å². The van der Waals surface area contributed by atoms with Gasteiger partial charge < -0.3 is 5.32 Å². The van der Waals surface area contributed by atoms with Gasteiger partial charge in [0, 0.05) is 28.5 Å². The van der Waals surface area contributed by atoms with Crippen molar-refractivity contribution in [2.45, 2.75) is 13.5 Å². The zero-order chi connectivity index (χ0) is 15.4. The third-order valence-electron chi connectivity index (χ3n) is 3.15. The average Bonchev–Trinajstić information content (AvgIpc) is 2.55. The second-order valence-electron chi connectivity index (χ2n) is 4.77. The Morgan fingerprint density at radius 1 is 1.00 bits per heavy atom. The molecule has 1 aromatic carbocycles. The summed E-state index contributed by atoms with van der Waals surface area (Å²) in [7, 11) is 0. The number of anilines is 1. The lowest BCUT2D eigenvalue weighted by Gasteiger charge is -2.11. The van der Waals surface area contributed by atoms with Gasteiger partial charge in [-0.3, -0.25) is 9.97 Å². The molecule has 0 fully saturated rings. The number of aromatic nitrogens is 4. The molecule has 6 heteroatoms. The van der Waals surface area contributed by atoms with Gasteiger partial charge in [-0.2, -0.15) is 0 Å². The van der Waals surface area contributed by atoms with Crippen molar-refractivity contribution < 1.29 is 0 Å². The second-order valence-corrected chi connectivity index (χ2v) is 5.17. The number of hydrogen-bond acceptors (Lipinski definition) is 5. The molecule has 0 saturated carbocycles. The summed E-state index contributed by atoms with van der Waals surface area (Å²) in [4.78, 5) is 16.9. The number of rotatable bonds is 4. The van der Waals surface area contributed by atoms with E-state index in [0.29, 0.717) is 17.4 Å². The molecular formula is C16H14ClN5. The van der Waals surface area contributed by atoms with Crippen molar-refractivity contribution in [3.05, 3.63) is 65.6 Å². The molecule has 0 aliphatic heterocycles. The monoisotopic (exact) mass is 311 g/mol. The maximum atomic E-state index is 6.26. The summed E-state index contributed by atoms with van der Waals surface area (Å²) >= 11 is 6.26. The summed E-state index contributed by atoms with van der Waals surface area (Å²) in [6.45, 7) is 2.44. The van der Waals surface area contributed by atoms with Crippen molar-refractivity contribution in [3.63, 3.8) is 0 Å². The lowest BCUT2D eigenvalue weighted by molar-refractivity contribution is 0.973. The van der Waals surface area contributed by atoms with Gasteiger partial charge in [0.15, 0.2) is 0 Å². The minimum atomic E-state index is 0.530. The first kappa shape index (κ1) is 14.4. The SMILES string of the molecule is Cc1cnc(CNc2ncncc2-c2ccccc2Cl)cn1. The Hall–Kier alpha value is -2.53. The summed E-state index contributed by atoms with van der Waals surface area (Å²) in [6, 6.07) is 7.62. The Kier molecular flexibility index (Phi) is 4.25. The van der Waals surface area contributed by atoms with Crippen LogP contribution in [0.2, 0.25) is 5.02 Å². The molecule has 22 heavy (non-hydrogen) atoms. The first-order chi connectivity index (χ1) is 10.7. The predicted octanol–water partition coefficient (Wildman–Crippen LogP) is 3.51. The van der Waals surface area contributed by atoms with Gasteiger partial charge in [-0.1, -0.05) is 29.8 Å². The smallest absolute Gasteiger partial charge is 0.137 e. The summed E-state index contributed by atoms with van der Waals surface area (Å²) in [5.41, 5.74) is 3.48. The summed E-state index contributed by atoms with van der Waals surface area (Å²) in [5, 5.41) is 3.92. The van der Waals surface area contributed by atoms with Gasteiger partial charge in [0.2, 0.25) is 0 Å². The third kappa shape index (κ3) is 3.20. The number of hydrogen-bond donors (Lipinski definition) is 1. The Bertz CT molecular complexity index is 773. The topological polar surface area (TPSA) is 63.6 Å². The lowest BCUT2D eigenvalue weighted by Crippen LogP contribution is -2.05. The van der Waals surface area contributed by atoms with Crippen LogP contribution in [0.3, 0.4) is 0 Å². The van der Waals surface area contributed by atoms with E-state index in [2.05, 4.69) is 25.3 Å².